The number of anilines is 1. The van der Waals surface area contributed by atoms with Gasteiger partial charge in [0.2, 0.25) is 0 Å². The molecule has 0 spiro atoms. The number of hydroxylamine groups is 1. The van der Waals surface area contributed by atoms with Crippen molar-refractivity contribution in [2.75, 3.05) is 43.6 Å². The van der Waals surface area contributed by atoms with Gasteiger partial charge < -0.3 is 9.64 Å². The zero-order valence-electron chi connectivity index (χ0n) is 21.0. The highest BCUT2D eigenvalue weighted by Gasteiger charge is 2.32. The number of aromatic nitrogens is 1. The Morgan fingerprint density at radius 2 is 1.86 bits per heavy atom. The maximum atomic E-state index is 12.5. The van der Waals surface area contributed by atoms with Crippen molar-refractivity contribution < 1.29 is 23.5 Å². The van der Waals surface area contributed by atoms with Crippen LogP contribution in [0, 0.1) is 6.92 Å². The number of piperazine rings is 1. The summed E-state index contributed by atoms with van der Waals surface area (Å²) in [5.74, 6) is -0.00784. The molecule has 0 bridgehead atoms. The molecule has 1 aliphatic rings. The second kappa shape index (κ2) is 12.4. The molecule has 3 N–H and O–H groups in total. The van der Waals surface area contributed by atoms with Gasteiger partial charge in [-0.2, -0.15) is 0 Å². The standard InChI is InChI=1S/C26H33N5O5S/c1-3-29-12-14-30(15-13-29)25(26(32)28-33)17-31(37(34)35)21-8-10-22(11-9-21)36-18-20-16-19(2)27-24-7-5-4-6-23(20)24/h4-11,16,25,33H,3,12-15,17-18H2,1-2H3,(H,28,32)(H,34,35)/t25-/m0/s1. The second-order valence-electron chi connectivity index (χ2n) is 8.98. The average molecular weight is 528 g/mol. The lowest BCUT2D eigenvalue weighted by molar-refractivity contribution is -0.135. The van der Waals surface area contributed by atoms with Crippen molar-refractivity contribution >= 4 is 33.8 Å². The van der Waals surface area contributed by atoms with E-state index in [1.807, 2.05) is 42.2 Å². The summed E-state index contributed by atoms with van der Waals surface area (Å²) in [5, 5.41) is 10.3. The number of amides is 1. The Morgan fingerprint density at radius 3 is 2.51 bits per heavy atom. The summed E-state index contributed by atoms with van der Waals surface area (Å²) < 4.78 is 29.5. The number of carbonyl (C=O) groups excluding carboxylic acids is 1. The Morgan fingerprint density at radius 1 is 1.16 bits per heavy atom. The molecule has 3 aromatic rings. The third kappa shape index (κ3) is 6.62. The Hall–Kier alpha value is -3.09. The fourth-order valence-electron chi connectivity index (χ4n) is 4.63. The summed E-state index contributed by atoms with van der Waals surface area (Å²) in [6.45, 7) is 8.04. The highest BCUT2D eigenvalue weighted by Crippen LogP contribution is 2.24. The average Bonchev–Trinajstić information content (AvgIpc) is 2.92. The van der Waals surface area contributed by atoms with Crippen LogP contribution in [0.5, 0.6) is 5.75 Å². The van der Waals surface area contributed by atoms with Gasteiger partial charge in [-0.3, -0.25) is 28.7 Å². The zero-order valence-corrected chi connectivity index (χ0v) is 21.9. The summed E-state index contributed by atoms with van der Waals surface area (Å²) in [4.78, 5) is 21.2. The predicted octanol–water partition coefficient (Wildman–Crippen LogP) is 2.58. The van der Waals surface area contributed by atoms with E-state index in [2.05, 4.69) is 16.8 Å². The van der Waals surface area contributed by atoms with Gasteiger partial charge in [0.15, 0.2) is 0 Å². The number of carbonyl (C=O) groups is 1. The highest BCUT2D eigenvalue weighted by molar-refractivity contribution is 7.80. The summed E-state index contributed by atoms with van der Waals surface area (Å²) in [6, 6.07) is 15.9. The van der Waals surface area contributed by atoms with Gasteiger partial charge in [0, 0.05) is 42.8 Å². The van der Waals surface area contributed by atoms with Crippen LogP contribution in [0.3, 0.4) is 0 Å². The van der Waals surface area contributed by atoms with Crippen molar-refractivity contribution in [1.82, 2.24) is 20.3 Å². The first kappa shape index (κ1) is 27.0. The Balaban J connectivity index is 1.46. The summed E-state index contributed by atoms with van der Waals surface area (Å²) in [5.41, 5.74) is 5.02. The van der Waals surface area contributed by atoms with E-state index in [0.717, 1.165) is 41.8 Å². The zero-order chi connectivity index (χ0) is 26.4. The molecule has 0 saturated carbocycles. The first-order valence-corrected chi connectivity index (χ1v) is 13.3. The molecule has 10 nitrogen and oxygen atoms in total. The van der Waals surface area contributed by atoms with Crippen LogP contribution in [0.1, 0.15) is 18.2 Å². The van der Waals surface area contributed by atoms with E-state index >= 15 is 0 Å². The van der Waals surface area contributed by atoms with Crippen molar-refractivity contribution in [3.63, 3.8) is 0 Å². The normalized spacial score (nSPS) is 16.3. The maximum absolute atomic E-state index is 12.5. The van der Waals surface area contributed by atoms with Crippen molar-refractivity contribution in [3.05, 3.63) is 65.9 Å². The van der Waals surface area contributed by atoms with Crippen LogP contribution >= 0.6 is 0 Å². The van der Waals surface area contributed by atoms with Crippen molar-refractivity contribution in [2.45, 2.75) is 26.5 Å². The third-order valence-corrected chi connectivity index (χ3v) is 7.42. The predicted molar refractivity (Wildman–Crippen MR) is 143 cm³/mol. The van der Waals surface area contributed by atoms with Gasteiger partial charge in [0.1, 0.15) is 18.4 Å². The number of rotatable bonds is 10. The van der Waals surface area contributed by atoms with E-state index in [4.69, 9.17) is 4.74 Å². The van der Waals surface area contributed by atoms with Crippen molar-refractivity contribution in [2.24, 2.45) is 0 Å². The Labute approximate surface area is 219 Å². The minimum atomic E-state index is -2.38. The minimum absolute atomic E-state index is 0.0654. The first-order valence-electron chi connectivity index (χ1n) is 12.3. The summed E-state index contributed by atoms with van der Waals surface area (Å²) in [6.07, 6.45) is 0. The number of ether oxygens (including phenoxy) is 1. The van der Waals surface area contributed by atoms with E-state index in [0.29, 0.717) is 31.1 Å². The second-order valence-corrected chi connectivity index (χ2v) is 9.88. The van der Waals surface area contributed by atoms with E-state index in [1.54, 1.807) is 29.7 Å². The SMILES string of the molecule is CCN1CCN([C@@H](CN(c2ccc(OCc3cc(C)nc4ccccc34)cc2)S(=O)O)C(=O)NO)CC1. The van der Waals surface area contributed by atoms with Crippen LogP contribution in [0.2, 0.25) is 0 Å². The number of nitrogens with zero attached hydrogens (tertiary/aromatic N) is 4. The van der Waals surface area contributed by atoms with Gasteiger partial charge in [0.05, 0.1) is 17.7 Å². The van der Waals surface area contributed by atoms with Gasteiger partial charge in [-0.15, -0.1) is 0 Å². The first-order chi connectivity index (χ1) is 17.9. The number of hydrogen-bond donors (Lipinski definition) is 3. The highest BCUT2D eigenvalue weighted by atomic mass is 32.2. The quantitative estimate of drug-likeness (QED) is 0.209. The molecule has 2 heterocycles. The molecule has 2 aromatic carbocycles. The number of likely N-dealkylation sites (N-methyl/N-ethyl adjacent to an activating group) is 1. The molecule has 1 aliphatic heterocycles. The molecule has 2 atom stereocenters. The molecule has 1 saturated heterocycles. The molecule has 1 unspecified atom stereocenters. The molecular weight excluding hydrogens is 494 g/mol. The lowest BCUT2D eigenvalue weighted by Gasteiger charge is -2.39. The van der Waals surface area contributed by atoms with Crippen LogP contribution in [0.25, 0.3) is 10.9 Å². The van der Waals surface area contributed by atoms with E-state index in [9.17, 15) is 18.8 Å². The van der Waals surface area contributed by atoms with Crippen LogP contribution in [-0.4, -0.2) is 80.0 Å². The fourth-order valence-corrected chi connectivity index (χ4v) is 5.20. The Bertz CT molecular complexity index is 1230. The topological polar surface area (TPSA) is 118 Å². The number of hydrogen-bond acceptors (Lipinski definition) is 7. The number of aryl methyl sites for hydroxylation is 1. The largest absolute Gasteiger partial charge is 0.489 e. The molecule has 1 aromatic heterocycles. The van der Waals surface area contributed by atoms with Gasteiger partial charge in [-0.25, -0.2) is 9.69 Å². The molecule has 198 valence electrons. The monoisotopic (exact) mass is 527 g/mol. The van der Waals surface area contributed by atoms with E-state index in [1.165, 1.54) is 4.31 Å². The molecular formula is C26H33N5O5S. The number of pyridine rings is 1. The minimum Gasteiger partial charge on any atom is -0.489 e. The lowest BCUT2D eigenvalue weighted by Crippen LogP contribution is -2.58. The van der Waals surface area contributed by atoms with Crippen molar-refractivity contribution in [1.29, 1.82) is 0 Å². The van der Waals surface area contributed by atoms with Gasteiger partial charge in [-0.05, 0) is 49.9 Å². The van der Waals surface area contributed by atoms with Crippen molar-refractivity contribution in [3.8, 4) is 5.75 Å². The van der Waals surface area contributed by atoms with Gasteiger partial charge in [-0.1, -0.05) is 25.1 Å². The number of para-hydroxylation sites is 1. The van der Waals surface area contributed by atoms with Crippen LogP contribution in [-0.2, 0) is 22.7 Å². The number of fused-ring (bicyclic) bond motifs is 1. The molecule has 37 heavy (non-hydrogen) atoms. The van der Waals surface area contributed by atoms with Crippen LogP contribution < -0.4 is 14.5 Å². The summed E-state index contributed by atoms with van der Waals surface area (Å²) >= 11 is -2.38. The number of nitrogens with one attached hydrogen (secondary N) is 1. The van der Waals surface area contributed by atoms with Gasteiger partial charge in [0.25, 0.3) is 17.2 Å². The fraction of sp³-hybridized carbons (Fsp3) is 0.385. The summed E-state index contributed by atoms with van der Waals surface area (Å²) in [7, 11) is 0. The maximum Gasteiger partial charge on any atom is 0.262 e. The molecule has 4 rings (SSSR count). The van der Waals surface area contributed by atoms with Crippen LogP contribution in [0.4, 0.5) is 5.69 Å². The molecule has 0 radical (unpaired) electrons. The molecule has 11 heteroatoms. The molecule has 0 aliphatic carbocycles. The van der Waals surface area contributed by atoms with E-state index < -0.39 is 23.2 Å². The molecule has 1 amide bonds. The van der Waals surface area contributed by atoms with Crippen LogP contribution in [0.15, 0.2) is 54.6 Å². The Kier molecular flexibility index (Phi) is 9.06. The smallest absolute Gasteiger partial charge is 0.262 e. The lowest BCUT2D eigenvalue weighted by atomic mass is 10.1. The molecule has 1 fully saturated rings. The van der Waals surface area contributed by atoms with E-state index in [-0.39, 0.29) is 6.54 Å². The number of benzene rings is 2. The third-order valence-electron chi connectivity index (χ3n) is 6.68. The van der Waals surface area contributed by atoms with Gasteiger partial charge >= 0.3 is 0 Å².